The van der Waals surface area contributed by atoms with E-state index in [1.165, 1.54) is 23.9 Å². The Bertz CT molecular complexity index is 2090. The number of anilines is 2. The zero-order valence-corrected chi connectivity index (χ0v) is 30.5. The van der Waals surface area contributed by atoms with Gasteiger partial charge in [-0.15, -0.1) is 23.1 Å². The number of likely N-dealkylation sites (tertiary alicyclic amines) is 1. The van der Waals surface area contributed by atoms with E-state index in [2.05, 4.69) is 20.8 Å². The monoisotopic (exact) mass is 773 g/mol. The molecule has 3 fully saturated rings. The molecule has 7 rings (SSSR count). The van der Waals surface area contributed by atoms with E-state index in [0.29, 0.717) is 36.3 Å². The maximum Gasteiger partial charge on any atom is 0.352 e. The third-order valence-corrected chi connectivity index (χ3v) is 11.4. The molecule has 0 bridgehead atoms. The molecule has 4 aliphatic rings. The number of carboxylic acid groups (broad SMARTS) is 1. The molecular weight excluding hydrogens is 737 g/mol. The molecule has 6 N–H and O–H groups in total. The van der Waals surface area contributed by atoms with Gasteiger partial charge in [-0.2, -0.15) is 4.57 Å². The Morgan fingerprint density at radius 2 is 1.93 bits per heavy atom. The number of allylic oxidation sites excluding steroid dienone is 1. The molecule has 0 radical (unpaired) electrons. The largest absolute Gasteiger partial charge is 0.508 e. The highest BCUT2D eigenvalue weighted by atomic mass is 32.2. The Kier molecular flexibility index (Phi) is 10.6. The summed E-state index contributed by atoms with van der Waals surface area (Å²) >= 11 is 2.42. The van der Waals surface area contributed by atoms with Crippen LogP contribution in [-0.2, 0) is 41.9 Å². The number of aromatic hydroxyl groups is 1. The van der Waals surface area contributed by atoms with Crippen LogP contribution in [0.2, 0.25) is 0 Å². The number of phenolic OH excluding ortho intramolecular Hbond substituents is 1. The summed E-state index contributed by atoms with van der Waals surface area (Å²) in [5.41, 5.74) is 7.76. The molecule has 4 amide bonds. The summed E-state index contributed by atoms with van der Waals surface area (Å²) in [6, 6.07) is 8.89. The van der Waals surface area contributed by atoms with Gasteiger partial charge in [0.2, 0.25) is 12.5 Å². The lowest BCUT2D eigenvalue weighted by Gasteiger charge is -2.49. The predicted octanol–water partition coefficient (Wildman–Crippen LogP) is 2.12. The summed E-state index contributed by atoms with van der Waals surface area (Å²) in [5, 5.41) is 30.5. The van der Waals surface area contributed by atoms with E-state index in [1.807, 2.05) is 12.1 Å². The number of hydrogen-bond acceptors (Lipinski definition) is 12. The Balaban J connectivity index is 0.982. The number of phenols is 1. The lowest BCUT2D eigenvalue weighted by atomic mass is 10.0. The molecule has 1 aliphatic carbocycles. The summed E-state index contributed by atoms with van der Waals surface area (Å²) in [5.74, 6) is -2.86. The zero-order valence-electron chi connectivity index (χ0n) is 28.8. The average Bonchev–Trinajstić information content (AvgIpc) is 3.90. The first kappa shape index (κ1) is 36.6. The minimum atomic E-state index is -1.31. The van der Waals surface area contributed by atoms with Gasteiger partial charge in [0.1, 0.15) is 34.7 Å². The van der Waals surface area contributed by atoms with Crippen LogP contribution in [0.5, 0.6) is 5.75 Å². The van der Waals surface area contributed by atoms with Crippen LogP contribution in [0.1, 0.15) is 43.4 Å². The van der Waals surface area contributed by atoms with Crippen LogP contribution in [-0.4, -0.2) is 90.1 Å². The second kappa shape index (κ2) is 15.7. The predicted molar refractivity (Wildman–Crippen MR) is 198 cm³/mol. The van der Waals surface area contributed by atoms with Crippen LogP contribution < -0.4 is 20.9 Å². The molecule has 3 aliphatic heterocycles. The summed E-state index contributed by atoms with van der Waals surface area (Å²) in [6.07, 6.45) is 8.96. The van der Waals surface area contributed by atoms with Crippen LogP contribution in [0.25, 0.3) is 0 Å². The van der Waals surface area contributed by atoms with Gasteiger partial charge < -0.3 is 36.3 Å². The molecule has 3 aromatic rings. The lowest BCUT2D eigenvalue weighted by molar-refractivity contribution is -0.684. The fourth-order valence-electron chi connectivity index (χ4n) is 6.72. The summed E-state index contributed by atoms with van der Waals surface area (Å²) in [7, 11) is 0. The molecule has 0 spiro atoms. The molecule has 2 aromatic heterocycles. The highest BCUT2D eigenvalue weighted by Crippen LogP contribution is 2.41. The molecule has 1 saturated carbocycles. The number of carbonyl (C=O) groups excluding carboxylic acids is 4. The van der Waals surface area contributed by atoms with Gasteiger partial charge >= 0.3 is 5.97 Å². The van der Waals surface area contributed by atoms with E-state index in [9.17, 15) is 34.2 Å². The minimum absolute atomic E-state index is 0.0464. The number of rotatable bonds is 12. The number of β-lactam (4-membered cyclic amide) rings is 1. The van der Waals surface area contributed by atoms with Gasteiger partial charge in [-0.1, -0.05) is 11.2 Å². The number of thioether (sulfide) groups is 1. The molecule has 16 nitrogen and oxygen atoms in total. The number of nitrogens with two attached hydrogens (primary N) is 1. The van der Waals surface area contributed by atoms with E-state index in [1.54, 1.807) is 45.4 Å². The number of carboxylic acids is 1. The highest BCUT2D eigenvalue weighted by molar-refractivity contribution is 8.00. The number of nitrogen functional groups attached to an aromatic ring is 1. The van der Waals surface area contributed by atoms with E-state index >= 15 is 0 Å². The number of nitrogens with zero attached hydrogens (tertiary/aromatic N) is 5. The highest BCUT2D eigenvalue weighted by Gasteiger charge is 2.54. The summed E-state index contributed by atoms with van der Waals surface area (Å²) < 4.78 is 1.69. The SMILES string of the molecule is Nc1nc(/C(=N/OC2CCCC2)C(=O)N[C@@H]2C(=O)N3C(C(=O)O)=C(/C=C4\CCN(Cc5cc[n+](CC(=O)Nc6cccc(O)c6)cc5)C4=O)CS[C@H]23)cs1. The van der Waals surface area contributed by atoms with Crippen molar-refractivity contribution in [1.82, 2.24) is 20.1 Å². The summed E-state index contributed by atoms with van der Waals surface area (Å²) in [6.45, 7) is 0.780. The van der Waals surface area contributed by atoms with Gasteiger partial charge in [0.05, 0.1) is 0 Å². The van der Waals surface area contributed by atoms with Crippen molar-refractivity contribution in [1.29, 1.82) is 0 Å². The number of nitrogens with one attached hydrogen (secondary N) is 2. The fraction of sp³-hybridized carbons (Fsp3) is 0.333. The standard InChI is InChI=1S/C36H36N8O8S2/c37-36-39-26(19-54-36)28(41-52-25-6-1-2-7-25)31(47)40-29-33(49)44-30(35(50)51)22(18-53-34(29)44)14-21-10-13-43(32(21)48)16-20-8-11-42(12-9-20)17-27(46)38-23-4-3-5-24(45)15-23/h3-5,8-9,11-12,14-15,19,25,29,34H,1-2,6-7,10,13,16-18H2,(H5-,37,38,39,40,45,46,47,50,51)/p+1/b21-14+,41-28-/t29-,34-/m1/s1. The van der Waals surface area contributed by atoms with Gasteiger partial charge in [-0.3, -0.25) is 24.1 Å². The average molecular weight is 774 g/mol. The second-order valence-electron chi connectivity index (χ2n) is 13.2. The quantitative estimate of drug-likeness (QED) is 0.0590. The Morgan fingerprint density at radius 1 is 1.15 bits per heavy atom. The minimum Gasteiger partial charge on any atom is -0.508 e. The number of benzene rings is 1. The van der Waals surface area contributed by atoms with Crippen molar-refractivity contribution < 1.29 is 43.6 Å². The number of carbonyl (C=O) groups is 5. The van der Waals surface area contributed by atoms with Crippen LogP contribution in [0, 0.1) is 0 Å². The van der Waals surface area contributed by atoms with Gasteiger partial charge in [-0.25, -0.2) is 9.78 Å². The number of aromatic nitrogens is 2. The third-order valence-electron chi connectivity index (χ3n) is 9.41. The molecule has 18 heteroatoms. The normalized spacial score (nSPS) is 21.0. The van der Waals surface area contributed by atoms with Crippen molar-refractivity contribution in [3.05, 3.63) is 88.3 Å². The number of thiazole rings is 1. The molecule has 2 saturated heterocycles. The topological polar surface area (TPSA) is 221 Å². The molecule has 5 heterocycles. The molecule has 1 aromatic carbocycles. The summed E-state index contributed by atoms with van der Waals surface area (Å²) in [4.78, 5) is 77.9. The Hall–Kier alpha value is -5.75. The molecule has 2 atom stereocenters. The second-order valence-corrected chi connectivity index (χ2v) is 15.2. The third kappa shape index (κ3) is 7.93. The van der Waals surface area contributed by atoms with Crippen LogP contribution in [0.3, 0.4) is 0 Å². The van der Waals surface area contributed by atoms with Crippen molar-refractivity contribution in [3.63, 3.8) is 0 Å². The van der Waals surface area contributed by atoms with Gasteiger partial charge in [0, 0.05) is 53.7 Å². The first-order valence-electron chi connectivity index (χ1n) is 17.3. The number of amides is 4. The van der Waals surface area contributed by atoms with Gasteiger partial charge in [0.25, 0.3) is 17.7 Å². The number of fused-ring (bicyclic) bond motifs is 1. The van der Waals surface area contributed by atoms with Crippen LogP contribution >= 0.6 is 23.1 Å². The lowest BCUT2D eigenvalue weighted by Crippen LogP contribution is -2.71. The maximum absolute atomic E-state index is 13.4. The molecule has 0 unspecified atom stereocenters. The maximum atomic E-state index is 13.4. The van der Waals surface area contributed by atoms with E-state index in [0.717, 1.165) is 47.5 Å². The number of pyridine rings is 1. The molecular formula is C36H37N8O8S2+. The van der Waals surface area contributed by atoms with Gasteiger partial charge in [-0.05, 0) is 61.4 Å². The first-order chi connectivity index (χ1) is 26.0. The number of hydrogen-bond donors (Lipinski definition) is 5. The van der Waals surface area contributed by atoms with Crippen molar-refractivity contribution in [2.24, 2.45) is 5.16 Å². The molecule has 54 heavy (non-hydrogen) atoms. The van der Waals surface area contributed by atoms with Gasteiger partial charge in [0.15, 0.2) is 23.2 Å². The van der Waals surface area contributed by atoms with Crippen LogP contribution in [0.15, 0.2) is 82.2 Å². The molecule has 280 valence electrons. The number of oxime groups is 1. The van der Waals surface area contributed by atoms with Crippen molar-refractivity contribution in [3.8, 4) is 5.75 Å². The Morgan fingerprint density at radius 3 is 2.63 bits per heavy atom. The number of aliphatic carboxylic acids is 1. The van der Waals surface area contributed by atoms with Crippen molar-refractivity contribution in [2.45, 2.75) is 62.7 Å². The van der Waals surface area contributed by atoms with Crippen LogP contribution in [0.4, 0.5) is 10.8 Å². The van der Waals surface area contributed by atoms with Crippen molar-refractivity contribution in [2.75, 3.05) is 23.3 Å². The fourth-order valence-corrected chi connectivity index (χ4v) is 8.57. The Labute approximate surface area is 317 Å². The first-order valence-corrected chi connectivity index (χ1v) is 19.2. The smallest absolute Gasteiger partial charge is 0.352 e. The van der Waals surface area contributed by atoms with Crippen molar-refractivity contribution >= 4 is 69.2 Å². The van der Waals surface area contributed by atoms with E-state index in [4.69, 9.17) is 10.6 Å². The van der Waals surface area contributed by atoms with E-state index in [-0.39, 0.29) is 58.2 Å². The van der Waals surface area contributed by atoms with E-state index < -0.39 is 29.2 Å². The zero-order chi connectivity index (χ0) is 37.9.